The maximum Gasteiger partial charge on any atom is 0.338 e. The molecule has 0 radical (unpaired) electrons. The molecule has 4 heterocycles. The molecule has 10 nitrogen and oxygen atoms in total. The second-order valence-electron chi connectivity index (χ2n) is 15.7. The molecule has 7 aliphatic rings. The highest BCUT2D eigenvalue weighted by Gasteiger charge is 2.90. The van der Waals surface area contributed by atoms with Gasteiger partial charge in [-0.25, -0.2) is 4.79 Å². The van der Waals surface area contributed by atoms with Crippen molar-refractivity contribution >= 4 is 11.8 Å². The largest absolute Gasteiger partial charge is 0.462 e. The van der Waals surface area contributed by atoms with Crippen molar-refractivity contribution in [3.05, 3.63) is 48.0 Å². The Morgan fingerprint density at radius 2 is 1.77 bits per heavy atom. The summed E-state index contributed by atoms with van der Waals surface area (Å²) in [6.45, 7) is 9.56. The van der Waals surface area contributed by atoms with Crippen LogP contribution in [-0.4, -0.2) is 87.0 Å². The van der Waals surface area contributed by atoms with Gasteiger partial charge < -0.3 is 39.0 Å². The number of hydrogen-bond acceptors (Lipinski definition) is 10. The Morgan fingerprint density at radius 3 is 2.49 bits per heavy atom. The van der Waals surface area contributed by atoms with Crippen molar-refractivity contribution in [2.24, 2.45) is 35.5 Å². The van der Waals surface area contributed by atoms with Gasteiger partial charge in [-0.1, -0.05) is 70.7 Å². The van der Waals surface area contributed by atoms with Gasteiger partial charge in [0.1, 0.15) is 29.5 Å². The number of epoxide rings is 1. The lowest BCUT2D eigenvalue weighted by Gasteiger charge is -2.61. The highest BCUT2D eigenvalue weighted by Crippen LogP contribution is 2.75. The van der Waals surface area contributed by atoms with Crippen molar-refractivity contribution in [3.8, 4) is 0 Å². The predicted molar refractivity (Wildman–Crippen MR) is 167 cm³/mol. The lowest BCUT2D eigenvalue weighted by molar-refractivity contribution is -0.438. The number of carbonyl (C=O) groups is 2. The first kappa shape index (κ1) is 32.0. The number of ether oxygens (including phenoxy) is 5. The van der Waals surface area contributed by atoms with Gasteiger partial charge in [0.25, 0.3) is 5.97 Å². The van der Waals surface area contributed by atoms with E-state index < -0.39 is 88.7 Å². The van der Waals surface area contributed by atoms with Crippen molar-refractivity contribution in [3.63, 3.8) is 0 Å². The summed E-state index contributed by atoms with van der Waals surface area (Å²) < 4.78 is 33.7. The molecule has 10 heteroatoms. The molecule has 3 N–H and O–H groups in total. The van der Waals surface area contributed by atoms with Crippen LogP contribution in [0.5, 0.6) is 0 Å². The summed E-state index contributed by atoms with van der Waals surface area (Å²) in [6, 6.07) is 8.77. The Kier molecular flexibility index (Phi) is 7.27. The summed E-state index contributed by atoms with van der Waals surface area (Å²) in [5, 5.41) is 36.0. The van der Waals surface area contributed by atoms with Crippen molar-refractivity contribution in [1.29, 1.82) is 0 Å². The average Bonchev–Trinajstić information content (AvgIpc) is 3.70. The van der Waals surface area contributed by atoms with Crippen LogP contribution in [0.3, 0.4) is 0 Å². The molecule has 4 aliphatic heterocycles. The molecule has 3 aliphatic carbocycles. The van der Waals surface area contributed by atoms with E-state index in [1.807, 2.05) is 19.9 Å². The Hall–Kier alpha value is -2.18. The van der Waals surface area contributed by atoms with E-state index in [-0.39, 0.29) is 18.4 Å². The van der Waals surface area contributed by atoms with Gasteiger partial charge in [-0.3, -0.25) is 4.79 Å². The molecule has 14 atom stereocenters. The lowest BCUT2D eigenvalue weighted by atomic mass is 9.51. The Labute approximate surface area is 275 Å². The maximum atomic E-state index is 14.5. The summed E-state index contributed by atoms with van der Waals surface area (Å²) in [4.78, 5) is 28.0. The standard InChI is InChI=1S/C37H48O10/c1-20(2)33-17-24(18-43-31(40)23-14-10-8-11-15-23)37-26-29(33)45-35(46-33,47-37)16-12-7-5-6-9-13-21(3)25-22(4)28(39)36(42,27(25)37)32(41)34(19-38)30(26)44-34/h8,10-11,14-15,21-22,24-27,29-30,32,38,41-42H,1,5-7,9,12-13,16-19H2,2-4H3/t21-,22+,24+,25+,26-,27-,29-,30+,32-,33-,34+,35?,36-,37-/m1/s1. The summed E-state index contributed by atoms with van der Waals surface area (Å²) in [5.74, 6) is -5.64. The second-order valence-corrected chi connectivity index (χ2v) is 15.7. The van der Waals surface area contributed by atoms with Crippen LogP contribution in [0.25, 0.3) is 0 Å². The Bertz CT molecular complexity index is 1470. The third-order valence-electron chi connectivity index (χ3n) is 13.4. The van der Waals surface area contributed by atoms with Crippen LogP contribution in [0.15, 0.2) is 42.5 Å². The zero-order valence-corrected chi connectivity index (χ0v) is 27.6. The van der Waals surface area contributed by atoms with Crippen LogP contribution in [0.1, 0.15) is 82.5 Å². The maximum absolute atomic E-state index is 14.5. The van der Waals surface area contributed by atoms with Crippen LogP contribution in [0, 0.1) is 35.5 Å². The predicted octanol–water partition coefficient (Wildman–Crippen LogP) is 3.70. The van der Waals surface area contributed by atoms with E-state index in [1.165, 1.54) is 0 Å². The molecule has 7 fully saturated rings. The molecule has 8 rings (SSSR count). The van der Waals surface area contributed by atoms with Crippen molar-refractivity contribution in [2.75, 3.05) is 13.2 Å². The summed E-state index contributed by atoms with van der Waals surface area (Å²) in [7, 11) is 0. The first-order valence-corrected chi connectivity index (χ1v) is 17.6. The molecule has 0 aromatic heterocycles. The Balaban J connectivity index is 1.36. The fourth-order valence-electron chi connectivity index (χ4n) is 11.2. The van der Waals surface area contributed by atoms with E-state index in [1.54, 1.807) is 24.3 Å². The summed E-state index contributed by atoms with van der Waals surface area (Å²) in [5.41, 5.74) is -5.20. The molecule has 1 aromatic rings. The molecule has 0 amide bonds. The van der Waals surface area contributed by atoms with Gasteiger partial charge in [0.05, 0.1) is 24.4 Å². The molecule has 4 saturated heterocycles. The van der Waals surface area contributed by atoms with Crippen molar-refractivity contribution in [1.82, 2.24) is 0 Å². The fourth-order valence-corrected chi connectivity index (χ4v) is 11.2. The third kappa shape index (κ3) is 4.03. The lowest BCUT2D eigenvalue weighted by Crippen LogP contribution is -2.74. The molecule has 256 valence electrons. The number of ketones is 1. The van der Waals surface area contributed by atoms with Crippen LogP contribution < -0.4 is 0 Å². The first-order valence-electron chi connectivity index (χ1n) is 17.6. The topological polar surface area (TPSA) is 144 Å². The highest BCUT2D eigenvalue weighted by molar-refractivity contribution is 5.94. The van der Waals surface area contributed by atoms with Crippen LogP contribution in [0.2, 0.25) is 0 Å². The average molecular weight is 653 g/mol. The second kappa shape index (κ2) is 10.7. The minimum atomic E-state index is -2.30. The molecule has 1 unspecified atom stereocenters. The van der Waals surface area contributed by atoms with E-state index in [0.717, 1.165) is 44.1 Å². The van der Waals surface area contributed by atoms with Gasteiger partial charge in [0, 0.05) is 30.1 Å². The highest BCUT2D eigenvalue weighted by atomic mass is 16.9. The van der Waals surface area contributed by atoms with E-state index in [4.69, 9.17) is 23.7 Å². The van der Waals surface area contributed by atoms with Gasteiger partial charge in [0.2, 0.25) is 0 Å². The minimum Gasteiger partial charge on any atom is -0.462 e. The molecule has 2 spiro atoms. The smallest absolute Gasteiger partial charge is 0.338 e. The molecular formula is C37H48O10. The minimum absolute atomic E-state index is 0.00214. The number of hydrogen-bond donors (Lipinski definition) is 3. The number of rotatable bonds is 5. The number of aliphatic hydroxyl groups excluding tert-OH is 2. The van der Waals surface area contributed by atoms with Crippen molar-refractivity contribution in [2.45, 2.75) is 119 Å². The number of esters is 1. The monoisotopic (exact) mass is 652 g/mol. The van der Waals surface area contributed by atoms with E-state index in [9.17, 15) is 24.9 Å². The number of Topliss-reactive ketones (excluding diaryl/α,β-unsaturated/α-hetero) is 1. The van der Waals surface area contributed by atoms with Crippen LogP contribution in [-0.2, 0) is 28.5 Å². The van der Waals surface area contributed by atoms with E-state index in [2.05, 4.69) is 13.5 Å². The number of benzene rings is 1. The fraction of sp³-hybridized carbons (Fsp3) is 0.730. The molecule has 3 saturated carbocycles. The number of fused-ring (bicyclic) bond motifs is 1. The van der Waals surface area contributed by atoms with Crippen LogP contribution >= 0.6 is 0 Å². The van der Waals surface area contributed by atoms with E-state index in [0.29, 0.717) is 18.4 Å². The quantitative estimate of drug-likeness (QED) is 0.245. The SMILES string of the molecule is C=C(C)[C@]12C[C@@H](COC(=O)c3ccccc3)[C@@]34OC5(CCCCCCC[C@@H](C)[C@H]6[C@H](C)C(=O)[C@@](O)([C@H](O)[C@@]7(CO)O[C@H]7[C@H]3[C@H]1O5)[C@@H]64)O2. The van der Waals surface area contributed by atoms with Gasteiger partial charge in [-0.15, -0.1) is 0 Å². The molecule has 47 heavy (non-hydrogen) atoms. The van der Waals surface area contributed by atoms with Gasteiger partial charge in [-0.05, 0) is 49.3 Å². The molecule has 1 aromatic carbocycles. The zero-order chi connectivity index (χ0) is 33.1. The third-order valence-corrected chi connectivity index (χ3v) is 13.4. The van der Waals surface area contributed by atoms with Crippen LogP contribution in [0.4, 0.5) is 0 Å². The Morgan fingerprint density at radius 1 is 1.04 bits per heavy atom. The molecular weight excluding hydrogens is 604 g/mol. The number of carbonyl (C=O) groups excluding carboxylic acids is 2. The van der Waals surface area contributed by atoms with Gasteiger partial charge in [-0.2, -0.15) is 0 Å². The first-order chi connectivity index (χ1) is 22.4. The van der Waals surface area contributed by atoms with Gasteiger partial charge in [0.15, 0.2) is 11.4 Å². The van der Waals surface area contributed by atoms with Crippen molar-refractivity contribution < 1.29 is 48.6 Å². The summed E-state index contributed by atoms with van der Waals surface area (Å²) >= 11 is 0. The zero-order valence-electron chi connectivity index (χ0n) is 27.6. The van der Waals surface area contributed by atoms with E-state index >= 15 is 0 Å². The van der Waals surface area contributed by atoms with Gasteiger partial charge >= 0.3 is 5.97 Å². The number of aliphatic hydroxyl groups is 3. The molecule has 3 bridgehead atoms. The normalized spacial score (nSPS) is 51.2. The summed E-state index contributed by atoms with van der Waals surface area (Å²) in [6.07, 6.45) is 3.21.